The Kier molecular flexibility index (Phi) is 12.3. The summed E-state index contributed by atoms with van der Waals surface area (Å²) in [5, 5.41) is 7.37. The van der Waals surface area contributed by atoms with Crippen LogP contribution in [0.5, 0.6) is 0 Å². The van der Waals surface area contributed by atoms with Crippen molar-refractivity contribution in [3.05, 3.63) is 72.4 Å². The van der Waals surface area contributed by atoms with E-state index in [1.807, 2.05) is 23.1 Å². The van der Waals surface area contributed by atoms with Gasteiger partial charge in [0.1, 0.15) is 23.7 Å². The molecule has 0 unspecified atom stereocenters. The molecule has 2 aliphatic heterocycles. The zero-order chi connectivity index (χ0) is 42.9. The molecule has 5 aromatic rings. The van der Waals surface area contributed by atoms with Gasteiger partial charge in [0.15, 0.2) is 0 Å². The number of hydrogen-bond donors (Lipinski definition) is 4. The van der Waals surface area contributed by atoms with E-state index in [1.165, 1.54) is 28.4 Å². The number of ether oxygens (including phenoxy) is 4. The molecule has 2 aliphatic rings. The van der Waals surface area contributed by atoms with E-state index in [4.69, 9.17) is 23.9 Å². The lowest BCUT2D eigenvalue weighted by molar-refractivity contribution is -0.138. The average Bonchev–Trinajstić information content (AvgIpc) is 4.09. The Bertz CT molecular complexity index is 2380. The summed E-state index contributed by atoms with van der Waals surface area (Å²) in [6, 6.07) is 17.2. The van der Waals surface area contributed by atoms with Gasteiger partial charge in [-0.3, -0.25) is 9.59 Å². The molecule has 7 rings (SSSR count). The van der Waals surface area contributed by atoms with Gasteiger partial charge in [-0.25, -0.2) is 19.6 Å². The number of aromatic nitrogens is 4. The molecule has 4 heterocycles. The minimum absolute atomic E-state index is 0.225. The lowest BCUT2D eigenvalue weighted by atomic mass is 9.99. The van der Waals surface area contributed by atoms with Crippen molar-refractivity contribution < 1.29 is 38.1 Å². The lowest BCUT2D eigenvalue weighted by Crippen LogP contribution is -2.54. The number of nitrogens with one attached hydrogen (secondary N) is 4. The third-order valence-electron chi connectivity index (χ3n) is 11.9. The van der Waals surface area contributed by atoms with Gasteiger partial charge in [-0.1, -0.05) is 55.6 Å². The summed E-state index contributed by atoms with van der Waals surface area (Å²) >= 11 is 0. The number of hydrogen-bond acceptors (Lipinski definition) is 10. The quantitative estimate of drug-likeness (QED) is 0.107. The van der Waals surface area contributed by atoms with Crippen molar-refractivity contribution >= 4 is 53.9 Å². The van der Waals surface area contributed by atoms with Crippen LogP contribution in [0.4, 0.5) is 9.59 Å². The van der Waals surface area contributed by atoms with Crippen LogP contribution in [-0.2, 0) is 28.5 Å². The van der Waals surface area contributed by atoms with Crippen LogP contribution in [0.3, 0.4) is 0 Å². The predicted molar refractivity (Wildman–Crippen MR) is 229 cm³/mol. The molecule has 2 aromatic heterocycles. The number of nitrogens with zero attached hydrogens (tertiary/aromatic N) is 4. The van der Waals surface area contributed by atoms with Crippen molar-refractivity contribution in [3.8, 4) is 22.4 Å². The highest BCUT2D eigenvalue weighted by molar-refractivity contribution is 6.78. The number of alkyl carbamates (subject to hydrolysis) is 2. The highest BCUT2D eigenvalue weighted by atomic mass is 28.3. The van der Waals surface area contributed by atoms with Crippen LogP contribution in [0.2, 0.25) is 19.1 Å². The predicted octanol–water partition coefficient (Wildman–Crippen LogP) is 6.09. The monoisotopic (exact) mass is 838 g/mol. The molecule has 0 aliphatic carbocycles. The van der Waals surface area contributed by atoms with Gasteiger partial charge in [0.2, 0.25) is 11.8 Å². The summed E-state index contributed by atoms with van der Waals surface area (Å²) in [4.78, 5) is 72.3. The Hall–Kier alpha value is -5.78. The molecule has 318 valence electrons. The standard InChI is InChI=1S/C43H54N8O8Si/c1-24(56-3)35(48-42(54)58-5)40(52)50-19-9-10-33(50)38-44-21-32(46-38)27-13-11-26(12-14-27)28-15-17-30-29(20-28)16-18-31-37(30)47-39(45-31)34-22-60(7,8)23-51(34)41(53)36(25(2)57-4)49-43(55)59-6/h11-18,20-21,24-25,33-36H,9-10,19,22-23H2,1-8H3,(H,44,46)(H,45,47)(H,48,54)(H,49,55)/t24-,25-,33+,34+,35+,36+/m1/s1. The number of imidazole rings is 2. The number of rotatable bonds is 12. The molecule has 4 amide bonds. The third-order valence-corrected chi connectivity index (χ3v) is 14.6. The van der Waals surface area contributed by atoms with Gasteiger partial charge in [0, 0.05) is 32.3 Å². The molecule has 6 atom stereocenters. The van der Waals surface area contributed by atoms with E-state index in [0.29, 0.717) is 18.5 Å². The van der Waals surface area contributed by atoms with E-state index in [1.54, 1.807) is 24.9 Å². The maximum Gasteiger partial charge on any atom is 0.407 e. The Morgan fingerprint density at radius 1 is 0.767 bits per heavy atom. The summed E-state index contributed by atoms with van der Waals surface area (Å²) in [5.41, 5.74) is 5.60. The summed E-state index contributed by atoms with van der Waals surface area (Å²) in [5.74, 6) is 0.930. The fourth-order valence-electron chi connectivity index (χ4n) is 8.48. The Labute approximate surface area is 349 Å². The molecule has 0 spiro atoms. The number of fused-ring (bicyclic) bond motifs is 3. The van der Waals surface area contributed by atoms with Crippen LogP contribution in [0.15, 0.2) is 60.8 Å². The van der Waals surface area contributed by atoms with E-state index < -0.39 is 44.6 Å². The van der Waals surface area contributed by atoms with Crippen molar-refractivity contribution in [2.45, 2.75) is 82.2 Å². The van der Waals surface area contributed by atoms with Gasteiger partial charge in [0.05, 0.1) is 69.5 Å². The smallest absolute Gasteiger partial charge is 0.407 e. The molecule has 60 heavy (non-hydrogen) atoms. The average molecular weight is 839 g/mol. The van der Waals surface area contributed by atoms with Gasteiger partial charge in [-0.2, -0.15) is 0 Å². The van der Waals surface area contributed by atoms with Crippen LogP contribution in [0, 0.1) is 0 Å². The minimum Gasteiger partial charge on any atom is -0.453 e. The fourth-order valence-corrected chi connectivity index (χ4v) is 11.4. The van der Waals surface area contributed by atoms with Gasteiger partial charge >= 0.3 is 12.2 Å². The van der Waals surface area contributed by atoms with Gasteiger partial charge in [-0.15, -0.1) is 0 Å². The maximum atomic E-state index is 14.1. The van der Waals surface area contributed by atoms with Crippen LogP contribution >= 0.6 is 0 Å². The second-order valence-electron chi connectivity index (χ2n) is 16.4. The molecule has 3 aromatic carbocycles. The first-order valence-electron chi connectivity index (χ1n) is 20.2. The molecule has 2 saturated heterocycles. The second-order valence-corrected chi connectivity index (χ2v) is 21.5. The molecule has 4 N–H and O–H groups in total. The van der Waals surface area contributed by atoms with Crippen molar-refractivity contribution in [2.75, 3.05) is 41.2 Å². The maximum absolute atomic E-state index is 14.1. The zero-order valence-electron chi connectivity index (χ0n) is 35.3. The summed E-state index contributed by atoms with van der Waals surface area (Å²) in [6.07, 6.45) is 1.44. The van der Waals surface area contributed by atoms with Crippen LogP contribution in [-0.4, -0.2) is 127 Å². The molecule has 2 fully saturated rings. The lowest BCUT2D eigenvalue weighted by Gasteiger charge is -2.31. The minimum atomic E-state index is -1.83. The summed E-state index contributed by atoms with van der Waals surface area (Å²) in [6.45, 7) is 8.55. The number of H-pyrrole nitrogens is 2. The van der Waals surface area contributed by atoms with E-state index in [-0.39, 0.29) is 23.9 Å². The number of benzene rings is 3. The van der Waals surface area contributed by atoms with E-state index >= 15 is 0 Å². The van der Waals surface area contributed by atoms with Crippen molar-refractivity contribution in [1.29, 1.82) is 0 Å². The van der Waals surface area contributed by atoms with E-state index in [9.17, 15) is 19.2 Å². The topological polar surface area (TPSA) is 193 Å². The molecule has 16 nitrogen and oxygen atoms in total. The van der Waals surface area contributed by atoms with E-state index in [0.717, 1.165) is 68.9 Å². The largest absolute Gasteiger partial charge is 0.453 e. The number of methoxy groups -OCH3 is 4. The molecular formula is C43H54N8O8Si. The number of likely N-dealkylation sites (tertiary alicyclic amines) is 1. The second kappa shape index (κ2) is 17.4. The summed E-state index contributed by atoms with van der Waals surface area (Å²) in [7, 11) is 3.71. The highest BCUT2D eigenvalue weighted by Gasteiger charge is 2.46. The number of amides is 4. The van der Waals surface area contributed by atoms with Gasteiger partial charge < -0.3 is 49.3 Å². The Morgan fingerprint density at radius 2 is 1.38 bits per heavy atom. The number of carbonyl (C=O) groups excluding carboxylic acids is 4. The van der Waals surface area contributed by atoms with Crippen LogP contribution in [0.1, 0.15) is 50.4 Å². The zero-order valence-corrected chi connectivity index (χ0v) is 36.3. The first-order valence-corrected chi connectivity index (χ1v) is 23.6. The van der Waals surface area contributed by atoms with Crippen LogP contribution in [0.25, 0.3) is 44.2 Å². The molecular weight excluding hydrogens is 785 g/mol. The Balaban J connectivity index is 1.09. The normalized spacial score (nSPS) is 19.5. The first-order chi connectivity index (χ1) is 28.7. The van der Waals surface area contributed by atoms with Crippen molar-refractivity contribution in [3.63, 3.8) is 0 Å². The molecule has 0 saturated carbocycles. The molecule has 0 radical (unpaired) electrons. The van der Waals surface area contributed by atoms with Crippen LogP contribution < -0.4 is 10.6 Å². The molecule has 0 bridgehead atoms. The fraction of sp³-hybridized carbons (Fsp3) is 0.442. The van der Waals surface area contributed by atoms with Gasteiger partial charge in [-0.05, 0) is 66.9 Å². The van der Waals surface area contributed by atoms with E-state index in [2.05, 4.69) is 75.1 Å². The third kappa shape index (κ3) is 8.46. The first kappa shape index (κ1) is 42.3. The van der Waals surface area contributed by atoms with Crippen molar-refractivity contribution in [1.82, 2.24) is 40.4 Å². The number of carbonyl (C=O) groups is 4. The summed E-state index contributed by atoms with van der Waals surface area (Å²) < 4.78 is 20.5. The SMILES string of the molecule is COC(=O)N[C@H](C(=O)N1CCC[C@H]1c1ncc(-c2ccc(-c3ccc4c(ccc5nc([C@@H]6C[Si](C)(C)CN6C(=O)[C@@H](NC(=O)OC)[C@@H](C)OC)[nH]c54)c3)cc2)[nH]1)[C@@H](C)OC. The van der Waals surface area contributed by atoms with Crippen molar-refractivity contribution in [2.24, 2.45) is 0 Å². The Morgan fingerprint density at radius 3 is 2.02 bits per heavy atom. The number of aromatic amines is 2. The van der Waals surface area contributed by atoms with Gasteiger partial charge in [0.25, 0.3) is 0 Å². The molecule has 17 heteroatoms. The highest BCUT2D eigenvalue weighted by Crippen LogP contribution is 2.39.